The van der Waals surface area contributed by atoms with Crippen LogP contribution in [0, 0.1) is 11.3 Å². The van der Waals surface area contributed by atoms with Gasteiger partial charge in [0, 0.05) is 6.07 Å². The average molecular weight is 323 g/mol. The van der Waals surface area contributed by atoms with Crippen LogP contribution in [0.4, 0.5) is 5.69 Å². The number of nitriles is 1. The largest absolute Gasteiger partial charge is 0.454 e. The molecular weight excluding hydrogens is 306 g/mol. The van der Waals surface area contributed by atoms with Crippen LogP contribution in [0.1, 0.15) is 20.8 Å². The summed E-state index contributed by atoms with van der Waals surface area (Å²) < 4.78 is 33.7. The van der Waals surface area contributed by atoms with Gasteiger partial charge in [-0.05, 0) is 32.9 Å². The zero-order valence-corrected chi connectivity index (χ0v) is 13.4. The number of hydrogen-bond donors (Lipinski definition) is 1. The molecule has 0 spiro atoms. The molecule has 0 unspecified atom stereocenters. The maximum atomic E-state index is 12.1. The van der Waals surface area contributed by atoms with Crippen LogP contribution in [0.5, 0.6) is 11.5 Å². The molecule has 1 aromatic carbocycles. The maximum absolute atomic E-state index is 12.1. The predicted molar refractivity (Wildman–Crippen MR) is 82.8 cm³/mol. The molecule has 0 aliphatic carbocycles. The first kappa shape index (κ1) is 16.1. The van der Waals surface area contributed by atoms with Gasteiger partial charge in [-0.3, -0.25) is 5.43 Å². The van der Waals surface area contributed by atoms with Gasteiger partial charge in [-0.1, -0.05) is 0 Å². The SMILES string of the molecule is CC(C)(C)S(=O)(=O)C/C(C#N)=N\Nc1ccc2c(c1)OCO2. The summed E-state index contributed by atoms with van der Waals surface area (Å²) in [5.41, 5.74) is 3.14. The molecule has 0 atom stereocenters. The molecule has 1 heterocycles. The number of nitrogens with zero attached hydrogens (tertiary/aromatic N) is 2. The number of benzene rings is 1. The Labute approximate surface area is 129 Å². The van der Waals surface area contributed by atoms with Crippen molar-refractivity contribution in [3.05, 3.63) is 18.2 Å². The van der Waals surface area contributed by atoms with Gasteiger partial charge in [-0.15, -0.1) is 0 Å². The summed E-state index contributed by atoms with van der Waals surface area (Å²) in [6, 6.07) is 6.88. The lowest BCUT2D eigenvalue weighted by atomic mass is 10.3. The quantitative estimate of drug-likeness (QED) is 0.671. The van der Waals surface area contributed by atoms with Gasteiger partial charge in [-0.2, -0.15) is 10.4 Å². The number of anilines is 1. The van der Waals surface area contributed by atoms with E-state index in [0.717, 1.165) is 0 Å². The van der Waals surface area contributed by atoms with Gasteiger partial charge in [0.2, 0.25) is 6.79 Å². The van der Waals surface area contributed by atoms with Gasteiger partial charge >= 0.3 is 0 Å². The topological polar surface area (TPSA) is 101 Å². The second-order valence-electron chi connectivity index (χ2n) is 5.72. The van der Waals surface area contributed by atoms with E-state index in [1.807, 2.05) is 0 Å². The van der Waals surface area contributed by atoms with E-state index in [9.17, 15) is 8.42 Å². The fourth-order valence-corrected chi connectivity index (χ4v) is 2.51. The van der Waals surface area contributed by atoms with Crippen molar-refractivity contribution in [2.75, 3.05) is 18.0 Å². The number of fused-ring (bicyclic) bond motifs is 1. The molecule has 0 fully saturated rings. The van der Waals surface area contributed by atoms with E-state index < -0.39 is 20.3 Å². The Bertz CT molecular complexity index is 742. The number of nitrogens with one attached hydrogen (secondary N) is 1. The van der Waals surface area contributed by atoms with E-state index in [-0.39, 0.29) is 12.5 Å². The minimum absolute atomic E-state index is 0.104. The molecule has 7 nitrogen and oxygen atoms in total. The van der Waals surface area contributed by atoms with Gasteiger partial charge in [-0.25, -0.2) is 8.42 Å². The van der Waals surface area contributed by atoms with Crippen molar-refractivity contribution in [2.45, 2.75) is 25.5 Å². The molecule has 8 heteroatoms. The first-order valence-electron chi connectivity index (χ1n) is 6.57. The fraction of sp³-hybridized carbons (Fsp3) is 0.429. The molecule has 1 aromatic rings. The van der Waals surface area contributed by atoms with Gasteiger partial charge in [0.25, 0.3) is 0 Å². The third-order valence-electron chi connectivity index (χ3n) is 3.08. The number of sulfone groups is 1. The lowest BCUT2D eigenvalue weighted by molar-refractivity contribution is 0.174. The van der Waals surface area contributed by atoms with Gasteiger partial charge in [0.05, 0.1) is 10.4 Å². The van der Waals surface area contributed by atoms with E-state index in [1.54, 1.807) is 45.0 Å². The second-order valence-corrected chi connectivity index (χ2v) is 8.46. The van der Waals surface area contributed by atoms with Crippen molar-refractivity contribution >= 4 is 21.2 Å². The third-order valence-corrected chi connectivity index (χ3v) is 5.60. The Hall–Kier alpha value is -2.27. The molecule has 118 valence electrons. The Morgan fingerprint density at radius 2 is 2.05 bits per heavy atom. The van der Waals surface area contributed by atoms with Crippen LogP contribution in [0.3, 0.4) is 0 Å². The molecule has 0 aromatic heterocycles. The highest BCUT2D eigenvalue weighted by Crippen LogP contribution is 2.34. The van der Waals surface area contributed by atoms with E-state index in [4.69, 9.17) is 14.7 Å². The number of hydrogen-bond acceptors (Lipinski definition) is 7. The zero-order valence-electron chi connectivity index (χ0n) is 12.6. The Morgan fingerprint density at radius 3 is 2.68 bits per heavy atom. The van der Waals surface area contributed by atoms with Gasteiger partial charge in [0.1, 0.15) is 11.8 Å². The molecule has 2 rings (SSSR count). The summed E-state index contributed by atoms with van der Waals surface area (Å²) in [6.07, 6.45) is 0. The second kappa shape index (κ2) is 5.85. The summed E-state index contributed by atoms with van der Waals surface area (Å²) in [6.45, 7) is 4.92. The summed E-state index contributed by atoms with van der Waals surface area (Å²) in [7, 11) is -3.46. The lowest BCUT2D eigenvalue weighted by Gasteiger charge is -2.18. The fourth-order valence-electron chi connectivity index (χ4n) is 1.58. The first-order chi connectivity index (χ1) is 10.2. The minimum Gasteiger partial charge on any atom is -0.454 e. The van der Waals surface area contributed by atoms with Crippen LogP contribution in [0.2, 0.25) is 0 Å². The van der Waals surface area contributed by atoms with Crippen LogP contribution in [0.25, 0.3) is 0 Å². The van der Waals surface area contributed by atoms with Crippen LogP contribution in [-0.4, -0.2) is 31.4 Å². The van der Waals surface area contributed by atoms with E-state index >= 15 is 0 Å². The summed E-state index contributed by atoms with van der Waals surface area (Å²) >= 11 is 0. The third kappa shape index (κ3) is 3.49. The highest BCUT2D eigenvalue weighted by Gasteiger charge is 2.30. The minimum atomic E-state index is -3.46. The van der Waals surface area contributed by atoms with Gasteiger partial charge < -0.3 is 9.47 Å². The van der Waals surface area contributed by atoms with E-state index in [2.05, 4.69) is 10.5 Å². The lowest BCUT2D eigenvalue weighted by Crippen LogP contribution is -2.33. The van der Waals surface area contributed by atoms with Crippen molar-refractivity contribution < 1.29 is 17.9 Å². The van der Waals surface area contributed by atoms with E-state index in [0.29, 0.717) is 17.2 Å². The van der Waals surface area contributed by atoms with Crippen molar-refractivity contribution in [3.63, 3.8) is 0 Å². The Kier molecular flexibility index (Phi) is 4.28. The Balaban J connectivity index is 2.12. The average Bonchev–Trinajstić information content (AvgIpc) is 2.89. The normalized spacial score (nSPS) is 14.5. The van der Waals surface area contributed by atoms with E-state index in [1.165, 1.54) is 0 Å². The highest BCUT2D eigenvalue weighted by atomic mass is 32.2. The van der Waals surface area contributed by atoms with Crippen LogP contribution in [0.15, 0.2) is 23.3 Å². The highest BCUT2D eigenvalue weighted by molar-refractivity contribution is 7.93. The Morgan fingerprint density at radius 1 is 1.36 bits per heavy atom. The number of rotatable bonds is 4. The van der Waals surface area contributed by atoms with Crippen molar-refractivity contribution in [1.29, 1.82) is 5.26 Å². The van der Waals surface area contributed by atoms with Gasteiger partial charge in [0.15, 0.2) is 27.0 Å². The molecule has 0 saturated carbocycles. The van der Waals surface area contributed by atoms with Crippen molar-refractivity contribution in [1.82, 2.24) is 0 Å². The maximum Gasteiger partial charge on any atom is 0.231 e. The van der Waals surface area contributed by atoms with Crippen LogP contribution < -0.4 is 14.9 Å². The van der Waals surface area contributed by atoms with Crippen LogP contribution in [-0.2, 0) is 9.84 Å². The standard InChI is InChI=1S/C14H17N3O4S/c1-14(2,3)22(18,19)8-11(7-15)17-16-10-4-5-12-13(6-10)21-9-20-12/h4-6,16H,8-9H2,1-3H3/b17-11-. The monoisotopic (exact) mass is 323 g/mol. The molecule has 1 aliphatic rings. The van der Waals surface area contributed by atoms with Crippen LogP contribution >= 0.6 is 0 Å². The van der Waals surface area contributed by atoms with Crippen molar-refractivity contribution in [3.8, 4) is 17.6 Å². The molecule has 1 N–H and O–H groups in total. The number of ether oxygens (including phenoxy) is 2. The summed E-state index contributed by atoms with van der Waals surface area (Å²) in [5.74, 6) is 0.788. The smallest absolute Gasteiger partial charge is 0.231 e. The first-order valence-corrected chi connectivity index (χ1v) is 8.23. The molecule has 0 radical (unpaired) electrons. The summed E-state index contributed by atoms with van der Waals surface area (Å²) in [4.78, 5) is 0. The summed E-state index contributed by atoms with van der Waals surface area (Å²) in [5, 5.41) is 12.9. The molecule has 0 bridgehead atoms. The molecular formula is C14H17N3O4S. The molecule has 0 saturated heterocycles. The number of hydrazone groups is 1. The predicted octanol–water partition coefficient (Wildman–Crippen LogP) is 1.92. The molecule has 22 heavy (non-hydrogen) atoms. The van der Waals surface area contributed by atoms with Crippen molar-refractivity contribution in [2.24, 2.45) is 5.10 Å². The molecule has 1 aliphatic heterocycles. The molecule has 0 amide bonds. The zero-order chi connectivity index (χ0) is 16.4.